The Morgan fingerprint density at radius 2 is 2.38 bits per heavy atom. The van der Waals surface area contributed by atoms with Gasteiger partial charge in [-0.3, -0.25) is 0 Å². The molecule has 0 aromatic carbocycles. The van der Waals surface area contributed by atoms with Crippen molar-refractivity contribution in [2.75, 3.05) is 0 Å². The number of aromatic nitrogens is 3. The van der Waals surface area contributed by atoms with Gasteiger partial charge >= 0.3 is 0 Å². The molecule has 0 N–H and O–H groups in total. The van der Waals surface area contributed by atoms with Crippen molar-refractivity contribution in [1.29, 1.82) is 0 Å². The number of rotatable bonds is 2. The molecule has 0 unspecified atom stereocenters. The Kier molecular flexibility index (Phi) is 2.19. The Morgan fingerprint density at radius 1 is 1.54 bits per heavy atom. The fraction of sp³-hybridized carbons (Fsp3) is 0.333. The lowest BCUT2D eigenvalue weighted by Crippen LogP contribution is -1.96. The van der Waals surface area contributed by atoms with E-state index >= 15 is 0 Å². The standard InChI is InChI=1S/C9H10ClN3/c1-2-3-7-6-8(10)13-9(12-7)4-5-11-13/h4-6H,2-3H2,1H3. The Labute approximate surface area is 81.4 Å². The second-order valence-electron chi connectivity index (χ2n) is 2.92. The van der Waals surface area contributed by atoms with Gasteiger partial charge in [-0.25, -0.2) is 9.50 Å². The highest BCUT2D eigenvalue weighted by Gasteiger charge is 2.02. The molecular formula is C9H10ClN3. The molecule has 2 rings (SSSR count). The van der Waals surface area contributed by atoms with Crippen LogP contribution in [-0.2, 0) is 6.42 Å². The van der Waals surface area contributed by atoms with E-state index in [9.17, 15) is 0 Å². The molecule has 0 atom stereocenters. The number of halogens is 1. The molecule has 3 nitrogen and oxygen atoms in total. The molecule has 4 heteroatoms. The number of hydrogen-bond acceptors (Lipinski definition) is 2. The third-order valence-corrected chi connectivity index (χ3v) is 2.14. The van der Waals surface area contributed by atoms with Crippen LogP contribution in [0.15, 0.2) is 18.3 Å². The molecule has 0 saturated carbocycles. The Bertz CT molecular complexity index is 422. The van der Waals surface area contributed by atoms with Crippen molar-refractivity contribution in [2.45, 2.75) is 19.8 Å². The summed E-state index contributed by atoms with van der Waals surface area (Å²) in [6, 6.07) is 3.72. The maximum absolute atomic E-state index is 6.00. The summed E-state index contributed by atoms with van der Waals surface area (Å²) in [6.45, 7) is 2.12. The summed E-state index contributed by atoms with van der Waals surface area (Å²) in [5, 5.41) is 4.67. The molecule has 2 aromatic heterocycles. The van der Waals surface area contributed by atoms with E-state index in [2.05, 4.69) is 17.0 Å². The van der Waals surface area contributed by atoms with E-state index in [1.54, 1.807) is 10.7 Å². The second-order valence-corrected chi connectivity index (χ2v) is 3.31. The molecule has 0 radical (unpaired) electrons. The van der Waals surface area contributed by atoms with Crippen molar-refractivity contribution >= 4 is 17.2 Å². The number of aryl methyl sites for hydroxylation is 1. The Balaban J connectivity index is 2.56. The minimum Gasteiger partial charge on any atom is -0.233 e. The molecule has 0 amide bonds. The van der Waals surface area contributed by atoms with E-state index in [0.29, 0.717) is 5.15 Å². The third kappa shape index (κ3) is 1.52. The number of fused-ring (bicyclic) bond motifs is 1. The highest BCUT2D eigenvalue weighted by Crippen LogP contribution is 2.13. The van der Waals surface area contributed by atoms with Crippen molar-refractivity contribution in [3.8, 4) is 0 Å². The van der Waals surface area contributed by atoms with Gasteiger partial charge in [0.15, 0.2) is 5.65 Å². The maximum atomic E-state index is 6.00. The first kappa shape index (κ1) is 8.51. The van der Waals surface area contributed by atoms with Gasteiger partial charge in [0, 0.05) is 11.8 Å². The minimum atomic E-state index is 0.624. The summed E-state index contributed by atoms with van der Waals surface area (Å²) >= 11 is 6.00. The summed E-state index contributed by atoms with van der Waals surface area (Å²) in [6.07, 6.45) is 3.74. The molecule has 0 aliphatic carbocycles. The minimum absolute atomic E-state index is 0.624. The first-order valence-electron chi connectivity index (χ1n) is 4.30. The molecule has 0 aliphatic heterocycles. The molecule has 2 aromatic rings. The van der Waals surface area contributed by atoms with Crippen LogP contribution in [0.5, 0.6) is 0 Å². The summed E-state index contributed by atoms with van der Waals surface area (Å²) < 4.78 is 1.63. The normalized spacial score (nSPS) is 10.9. The zero-order chi connectivity index (χ0) is 9.26. The average molecular weight is 196 g/mol. The zero-order valence-corrected chi connectivity index (χ0v) is 8.12. The van der Waals surface area contributed by atoms with Crippen molar-refractivity contribution < 1.29 is 0 Å². The van der Waals surface area contributed by atoms with Gasteiger partial charge in [-0.1, -0.05) is 24.9 Å². The van der Waals surface area contributed by atoms with Gasteiger partial charge in [0.2, 0.25) is 0 Å². The summed E-state index contributed by atoms with van der Waals surface area (Å²) in [4.78, 5) is 4.40. The van der Waals surface area contributed by atoms with E-state index in [1.807, 2.05) is 12.1 Å². The molecule has 0 aliphatic rings. The topological polar surface area (TPSA) is 30.2 Å². The van der Waals surface area contributed by atoms with Crippen LogP contribution >= 0.6 is 11.6 Å². The van der Waals surface area contributed by atoms with Gasteiger partial charge in [-0.05, 0) is 12.5 Å². The molecule has 2 heterocycles. The van der Waals surface area contributed by atoms with Gasteiger partial charge in [-0.2, -0.15) is 5.10 Å². The molecule has 68 valence electrons. The van der Waals surface area contributed by atoms with Crippen molar-refractivity contribution in [2.24, 2.45) is 0 Å². The van der Waals surface area contributed by atoms with E-state index in [-0.39, 0.29) is 0 Å². The van der Waals surface area contributed by atoms with E-state index in [4.69, 9.17) is 11.6 Å². The monoisotopic (exact) mass is 195 g/mol. The molecule has 13 heavy (non-hydrogen) atoms. The third-order valence-electron chi connectivity index (χ3n) is 1.88. The predicted octanol–water partition coefficient (Wildman–Crippen LogP) is 2.34. The average Bonchev–Trinajstić information content (AvgIpc) is 2.53. The Morgan fingerprint density at radius 3 is 3.15 bits per heavy atom. The van der Waals surface area contributed by atoms with Gasteiger partial charge in [0.05, 0.1) is 6.20 Å². The lowest BCUT2D eigenvalue weighted by atomic mass is 10.2. The first-order chi connectivity index (χ1) is 6.31. The number of hydrogen-bond donors (Lipinski definition) is 0. The number of nitrogens with zero attached hydrogens (tertiary/aromatic N) is 3. The summed E-state index contributed by atoms with van der Waals surface area (Å²) in [7, 11) is 0. The Hall–Kier alpha value is -1.09. The van der Waals surface area contributed by atoms with Crippen molar-refractivity contribution in [1.82, 2.24) is 14.6 Å². The maximum Gasteiger partial charge on any atom is 0.156 e. The van der Waals surface area contributed by atoms with Crippen LogP contribution in [0.1, 0.15) is 19.0 Å². The van der Waals surface area contributed by atoms with E-state index in [0.717, 1.165) is 24.2 Å². The fourth-order valence-corrected chi connectivity index (χ4v) is 1.56. The summed E-state index contributed by atoms with van der Waals surface area (Å²) in [5.41, 5.74) is 1.84. The zero-order valence-electron chi connectivity index (χ0n) is 7.37. The molecule has 0 saturated heterocycles. The predicted molar refractivity (Wildman–Crippen MR) is 52.0 cm³/mol. The largest absolute Gasteiger partial charge is 0.233 e. The van der Waals surface area contributed by atoms with Gasteiger partial charge < -0.3 is 0 Å². The van der Waals surface area contributed by atoms with E-state index in [1.165, 1.54) is 0 Å². The van der Waals surface area contributed by atoms with E-state index < -0.39 is 0 Å². The van der Waals surface area contributed by atoms with Crippen LogP contribution in [0.2, 0.25) is 5.15 Å². The summed E-state index contributed by atoms with van der Waals surface area (Å²) in [5.74, 6) is 0. The second kappa shape index (κ2) is 3.34. The van der Waals surface area contributed by atoms with Crippen molar-refractivity contribution in [3.63, 3.8) is 0 Å². The molecule has 0 spiro atoms. The van der Waals surface area contributed by atoms with Crippen molar-refractivity contribution in [3.05, 3.63) is 29.2 Å². The van der Waals surface area contributed by atoms with Gasteiger partial charge in [-0.15, -0.1) is 0 Å². The molecular weight excluding hydrogens is 186 g/mol. The van der Waals surface area contributed by atoms with Gasteiger partial charge in [0.25, 0.3) is 0 Å². The lowest BCUT2D eigenvalue weighted by molar-refractivity contribution is 0.858. The molecule has 0 fully saturated rings. The SMILES string of the molecule is CCCc1cc(Cl)n2nccc2n1. The lowest BCUT2D eigenvalue weighted by Gasteiger charge is -2.00. The molecule has 0 bridgehead atoms. The van der Waals surface area contributed by atoms with Gasteiger partial charge in [0.1, 0.15) is 5.15 Å². The first-order valence-corrected chi connectivity index (χ1v) is 4.68. The van der Waals surface area contributed by atoms with Crippen LogP contribution in [0, 0.1) is 0 Å². The van der Waals surface area contributed by atoms with Crippen LogP contribution in [0.4, 0.5) is 0 Å². The smallest absolute Gasteiger partial charge is 0.156 e. The quantitative estimate of drug-likeness (QED) is 0.689. The van der Waals surface area contributed by atoms with Crippen LogP contribution in [0.25, 0.3) is 5.65 Å². The van der Waals surface area contributed by atoms with Crippen LogP contribution < -0.4 is 0 Å². The van der Waals surface area contributed by atoms with Crippen LogP contribution in [-0.4, -0.2) is 14.6 Å². The van der Waals surface area contributed by atoms with Crippen LogP contribution in [0.3, 0.4) is 0 Å². The highest BCUT2D eigenvalue weighted by molar-refractivity contribution is 6.29. The highest BCUT2D eigenvalue weighted by atomic mass is 35.5. The fourth-order valence-electron chi connectivity index (χ4n) is 1.31.